The van der Waals surface area contributed by atoms with Crippen LogP contribution in [-0.4, -0.2) is 25.9 Å². The van der Waals surface area contributed by atoms with Gasteiger partial charge in [0.05, 0.1) is 31.6 Å². The van der Waals surface area contributed by atoms with Crippen molar-refractivity contribution in [2.75, 3.05) is 25.6 Å². The minimum absolute atomic E-state index is 0.947. The third-order valence-corrected chi connectivity index (χ3v) is 4.54. The molecule has 2 N–H and O–H groups in total. The maximum atomic E-state index is 5.54. The molecule has 0 unspecified atom stereocenters. The van der Waals surface area contributed by atoms with Gasteiger partial charge in [-0.25, -0.2) is 0 Å². The number of nitrogens with one attached hydrogen (secondary N) is 2. The zero-order chi connectivity index (χ0) is 18.2. The molecule has 0 aliphatic carbocycles. The number of ether oxygens (including phenoxy) is 1. The van der Waals surface area contributed by atoms with E-state index in [0.29, 0.717) is 0 Å². The quantitative estimate of drug-likeness (QED) is 0.572. The molecule has 0 heterocycles. The molecule has 0 saturated heterocycles. The van der Waals surface area contributed by atoms with E-state index < -0.39 is 0 Å². The second-order valence-corrected chi connectivity index (χ2v) is 6.34. The van der Waals surface area contributed by atoms with Crippen molar-refractivity contribution < 1.29 is 9.64 Å². The van der Waals surface area contributed by atoms with Crippen LogP contribution in [0.3, 0.4) is 0 Å². The van der Waals surface area contributed by atoms with Crippen LogP contribution in [0.4, 0.5) is 5.69 Å². The van der Waals surface area contributed by atoms with E-state index in [0.717, 1.165) is 42.3 Å². The lowest BCUT2D eigenvalue weighted by Gasteiger charge is -2.18. The minimum atomic E-state index is 0.947. The Morgan fingerprint density at radius 1 is 1.08 bits per heavy atom. The van der Waals surface area contributed by atoms with Crippen LogP contribution >= 0.6 is 0 Å². The molecule has 0 atom stereocenters. The predicted octanol–water partition coefficient (Wildman–Crippen LogP) is 3.26. The average molecular weight is 340 g/mol. The highest BCUT2D eigenvalue weighted by Gasteiger charge is 2.12. The van der Waals surface area contributed by atoms with Crippen LogP contribution in [0.5, 0.6) is 5.75 Å². The Kier molecular flexibility index (Phi) is 7.02. The smallest absolute Gasteiger partial charge is 0.127 e. The van der Waals surface area contributed by atoms with E-state index in [1.54, 1.807) is 7.11 Å². The molecule has 0 bridgehead atoms. The van der Waals surface area contributed by atoms with Crippen LogP contribution in [0.2, 0.25) is 0 Å². The maximum absolute atomic E-state index is 5.54. The van der Waals surface area contributed by atoms with Gasteiger partial charge in [0.2, 0.25) is 0 Å². The first-order valence-electron chi connectivity index (χ1n) is 8.95. The maximum Gasteiger partial charge on any atom is 0.127 e. The molecule has 2 rings (SSSR count). The molecule has 0 saturated carbocycles. The van der Waals surface area contributed by atoms with Crippen LogP contribution in [0, 0.1) is 6.92 Å². The van der Waals surface area contributed by atoms with Crippen LogP contribution in [0.1, 0.15) is 37.5 Å². The van der Waals surface area contributed by atoms with Gasteiger partial charge in [0, 0.05) is 5.56 Å². The first-order valence-corrected chi connectivity index (χ1v) is 8.95. The van der Waals surface area contributed by atoms with Gasteiger partial charge in [-0.2, -0.15) is 5.10 Å². The third-order valence-electron chi connectivity index (χ3n) is 4.54. The number of hydrogen-bond donors (Lipinski definition) is 2. The fraction of sp³-hybridized carbons (Fsp3) is 0.381. The van der Waals surface area contributed by atoms with E-state index in [1.165, 1.54) is 16.0 Å². The highest BCUT2D eigenvalue weighted by atomic mass is 16.5. The number of hydrogen-bond acceptors (Lipinski definition) is 3. The first-order chi connectivity index (χ1) is 12.1. The molecule has 4 heteroatoms. The van der Waals surface area contributed by atoms with Gasteiger partial charge in [0.1, 0.15) is 12.3 Å². The lowest BCUT2D eigenvalue weighted by atomic mass is 10.1. The summed E-state index contributed by atoms with van der Waals surface area (Å²) in [7, 11) is 1.73. The van der Waals surface area contributed by atoms with E-state index >= 15 is 0 Å². The molecule has 2 aromatic rings. The number of quaternary nitrogens is 1. The lowest BCUT2D eigenvalue weighted by Crippen LogP contribution is -3.10. The molecule has 0 aliphatic heterocycles. The summed E-state index contributed by atoms with van der Waals surface area (Å²) < 4.78 is 5.54. The SMILES string of the molecule is CC[NH+](CC)Cc1cc(/C(C)=N\Nc2ccc(C)cc2)ccc1OC. The molecule has 2 aromatic carbocycles. The number of anilines is 1. The molecule has 0 radical (unpaired) electrons. The van der Waals surface area contributed by atoms with Gasteiger partial charge in [0.25, 0.3) is 0 Å². The number of methoxy groups -OCH3 is 1. The summed E-state index contributed by atoms with van der Waals surface area (Å²) in [5.74, 6) is 0.947. The molecule has 0 fully saturated rings. The number of rotatable bonds is 8. The van der Waals surface area contributed by atoms with Crippen molar-refractivity contribution >= 4 is 11.4 Å². The Bertz CT molecular complexity index is 704. The number of benzene rings is 2. The van der Waals surface area contributed by atoms with E-state index in [4.69, 9.17) is 4.74 Å². The highest BCUT2D eigenvalue weighted by Crippen LogP contribution is 2.20. The fourth-order valence-corrected chi connectivity index (χ4v) is 2.75. The number of nitrogens with zero attached hydrogens (tertiary/aromatic N) is 1. The zero-order valence-electron chi connectivity index (χ0n) is 16.0. The van der Waals surface area contributed by atoms with E-state index in [1.807, 2.05) is 25.1 Å². The Labute approximate surface area is 151 Å². The van der Waals surface area contributed by atoms with Gasteiger partial charge in [-0.15, -0.1) is 0 Å². The number of aryl methyl sites for hydroxylation is 1. The molecule has 0 aromatic heterocycles. The van der Waals surface area contributed by atoms with E-state index in [9.17, 15) is 0 Å². The van der Waals surface area contributed by atoms with Crippen molar-refractivity contribution in [1.29, 1.82) is 0 Å². The van der Waals surface area contributed by atoms with Crippen molar-refractivity contribution in [3.8, 4) is 5.75 Å². The van der Waals surface area contributed by atoms with Gasteiger partial charge in [-0.3, -0.25) is 5.43 Å². The monoisotopic (exact) mass is 340 g/mol. The van der Waals surface area contributed by atoms with Gasteiger partial charge in [-0.1, -0.05) is 17.7 Å². The fourth-order valence-electron chi connectivity index (χ4n) is 2.75. The van der Waals surface area contributed by atoms with Crippen molar-refractivity contribution in [1.82, 2.24) is 0 Å². The highest BCUT2D eigenvalue weighted by molar-refractivity contribution is 5.99. The lowest BCUT2D eigenvalue weighted by molar-refractivity contribution is -0.910. The van der Waals surface area contributed by atoms with Crippen molar-refractivity contribution in [3.05, 3.63) is 59.2 Å². The summed E-state index contributed by atoms with van der Waals surface area (Å²) in [4.78, 5) is 1.53. The van der Waals surface area contributed by atoms with Crippen LogP contribution < -0.4 is 15.1 Å². The normalized spacial score (nSPS) is 11.7. The standard InChI is InChI=1S/C21H29N3O/c1-6-24(7-2)15-19-14-18(10-13-21(19)25-5)17(4)22-23-20-11-8-16(3)9-12-20/h8-14,23H,6-7,15H2,1-5H3/p+1/b22-17-. The van der Waals surface area contributed by atoms with Crippen molar-refractivity contribution in [2.24, 2.45) is 5.10 Å². The van der Waals surface area contributed by atoms with E-state index in [-0.39, 0.29) is 0 Å². The van der Waals surface area contributed by atoms with Crippen LogP contribution in [-0.2, 0) is 6.54 Å². The van der Waals surface area contributed by atoms with Crippen LogP contribution in [0.15, 0.2) is 47.6 Å². The van der Waals surface area contributed by atoms with Crippen LogP contribution in [0.25, 0.3) is 0 Å². The Morgan fingerprint density at radius 2 is 1.76 bits per heavy atom. The van der Waals surface area contributed by atoms with Gasteiger partial charge in [-0.05, 0) is 63.6 Å². The van der Waals surface area contributed by atoms with Gasteiger partial charge >= 0.3 is 0 Å². The zero-order valence-corrected chi connectivity index (χ0v) is 16.0. The van der Waals surface area contributed by atoms with Crippen molar-refractivity contribution in [3.63, 3.8) is 0 Å². The minimum Gasteiger partial charge on any atom is -0.496 e. The second-order valence-electron chi connectivity index (χ2n) is 6.34. The van der Waals surface area contributed by atoms with Gasteiger partial charge < -0.3 is 9.64 Å². The molecule has 25 heavy (non-hydrogen) atoms. The molecular weight excluding hydrogens is 310 g/mol. The Balaban J connectivity index is 2.19. The molecule has 0 spiro atoms. The number of hydrazone groups is 1. The first kappa shape index (κ1) is 19.0. The average Bonchev–Trinajstić information content (AvgIpc) is 2.65. The topological polar surface area (TPSA) is 38.1 Å². The summed E-state index contributed by atoms with van der Waals surface area (Å²) >= 11 is 0. The molecule has 0 aliphatic rings. The summed E-state index contributed by atoms with van der Waals surface area (Å²) in [6.45, 7) is 11.7. The Morgan fingerprint density at radius 3 is 2.36 bits per heavy atom. The molecule has 4 nitrogen and oxygen atoms in total. The third kappa shape index (κ3) is 5.33. The second kappa shape index (κ2) is 9.23. The summed E-state index contributed by atoms with van der Waals surface area (Å²) in [5, 5.41) is 4.53. The Hall–Kier alpha value is -2.33. The molecule has 0 amide bonds. The molecular formula is C21H30N3O+. The summed E-state index contributed by atoms with van der Waals surface area (Å²) in [5.41, 5.74) is 8.66. The van der Waals surface area contributed by atoms with E-state index in [2.05, 4.69) is 55.6 Å². The largest absolute Gasteiger partial charge is 0.496 e. The molecule has 134 valence electrons. The van der Waals surface area contributed by atoms with Crippen molar-refractivity contribution in [2.45, 2.75) is 34.2 Å². The summed E-state index contributed by atoms with van der Waals surface area (Å²) in [6, 6.07) is 14.5. The predicted molar refractivity (Wildman–Crippen MR) is 106 cm³/mol. The van der Waals surface area contributed by atoms with Gasteiger partial charge in [0.15, 0.2) is 0 Å². The summed E-state index contributed by atoms with van der Waals surface area (Å²) in [6.07, 6.45) is 0.